The lowest BCUT2D eigenvalue weighted by Crippen LogP contribution is -2.34. The highest BCUT2D eigenvalue weighted by atomic mass is 16.1. The third-order valence-corrected chi connectivity index (χ3v) is 3.14. The Bertz CT molecular complexity index is 238. The summed E-state index contributed by atoms with van der Waals surface area (Å²) in [5.41, 5.74) is 0. The van der Waals surface area contributed by atoms with Gasteiger partial charge in [-0.2, -0.15) is 5.26 Å². The van der Waals surface area contributed by atoms with Gasteiger partial charge >= 0.3 is 0 Å². The molecule has 1 N–H and O–H groups in total. The lowest BCUT2D eigenvalue weighted by molar-refractivity contribution is -0.122. The van der Waals surface area contributed by atoms with E-state index in [2.05, 4.69) is 11.4 Å². The van der Waals surface area contributed by atoms with E-state index >= 15 is 0 Å². The number of rotatable bonds is 5. The molecule has 0 aromatic rings. The van der Waals surface area contributed by atoms with E-state index in [0.717, 1.165) is 6.42 Å². The van der Waals surface area contributed by atoms with Crippen molar-refractivity contribution in [2.24, 2.45) is 5.92 Å². The maximum atomic E-state index is 11.6. The van der Waals surface area contributed by atoms with E-state index in [1.807, 2.05) is 6.92 Å². The van der Waals surface area contributed by atoms with Gasteiger partial charge in [0.1, 0.15) is 0 Å². The topological polar surface area (TPSA) is 52.9 Å². The molecule has 0 aromatic carbocycles. The fourth-order valence-corrected chi connectivity index (χ4v) is 2.17. The van der Waals surface area contributed by atoms with Crippen LogP contribution in [0.15, 0.2) is 0 Å². The lowest BCUT2D eigenvalue weighted by Gasteiger charge is -2.15. The Labute approximate surface area is 91.9 Å². The second-order valence-corrected chi connectivity index (χ2v) is 4.39. The summed E-state index contributed by atoms with van der Waals surface area (Å²) in [5.74, 6) is 0.716. The molecule has 1 aliphatic rings. The van der Waals surface area contributed by atoms with Crippen molar-refractivity contribution in [3.63, 3.8) is 0 Å². The summed E-state index contributed by atoms with van der Waals surface area (Å²) in [7, 11) is 0. The van der Waals surface area contributed by atoms with Crippen molar-refractivity contribution in [3.8, 4) is 6.07 Å². The summed E-state index contributed by atoms with van der Waals surface area (Å²) in [5, 5.41) is 11.5. The van der Waals surface area contributed by atoms with Crippen LogP contribution in [0.2, 0.25) is 0 Å². The van der Waals surface area contributed by atoms with Crippen LogP contribution in [0.3, 0.4) is 0 Å². The number of hydrogen-bond donors (Lipinski definition) is 1. The summed E-state index contributed by atoms with van der Waals surface area (Å²) >= 11 is 0. The Balaban J connectivity index is 2.24. The number of carbonyl (C=O) groups excluding carboxylic acids is 1. The van der Waals surface area contributed by atoms with Crippen LogP contribution in [0.5, 0.6) is 0 Å². The molecule has 0 aromatic heterocycles. The molecule has 1 aliphatic carbocycles. The average molecular weight is 208 g/mol. The van der Waals surface area contributed by atoms with Crippen molar-refractivity contribution in [2.45, 2.75) is 57.9 Å². The molecule has 3 nitrogen and oxygen atoms in total. The van der Waals surface area contributed by atoms with Crippen molar-refractivity contribution in [1.29, 1.82) is 5.26 Å². The zero-order valence-electron chi connectivity index (χ0n) is 9.46. The number of nitriles is 1. The van der Waals surface area contributed by atoms with Crippen LogP contribution in [0, 0.1) is 17.2 Å². The van der Waals surface area contributed by atoms with Gasteiger partial charge in [0.15, 0.2) is 0 Å². The molecule has 0 heterocycles. The van der Waals surface area contributed by atoms with Crippen LogP contribution in [-0.4, -0.2) is 11.9 Å². The van der Waals surface area contributed by atoms with Crippen LogP contribution in [0.4, 0.5) is 0 Å². The van der Waals surface area contributed by atoms with E-state index in [1.165, 1.54) is 25.7 Å². The highest BCUT2D eigenvalue weighted by Gasteiger charge is 2.19. The average Bonchev–Trinajstić information content (AvgIpc) is 2.69. The SMILES string of the molecule is CCC(CC#N)NC(=O)CC1CCCC1. The minimum atomic E-state index is 0.0453. The molecule has 3 heteroatoms. The van der Waals surface area contributed by atoms with E-state index < -0.39 is 0 Å². The first-order chi connectivity index (χ1) is 7.26. The van der Waals surface area contributed by atoms with E-state index in [9.17, 15) is 4.79 Å². The maximum absolute atomic E-state index is 11.6. The van der Waals surface area contributed by atoms with Crippen molar-refractivity contribution in [2.75, 3.05) is 0 Å². The first-order valence-corrected chi connectivity index (χ1v) is 5.92. The third kappa shape index (κ3) is 4.33. The zero-order chi connectivity index (χ0) is 11.1. The van der Waals surface area contributed by atoms with E-state index in [-0.39, 0.29) is 11.9 Å². The Hall–Kier alpha value is -1.04. The highest BCUT2D eigenvalue weighted by molar-refractivity contribution is 5.76. The van der Waals surface area contributed by atoms with Gasteiger partial charge in [0, 0.05) is 12.5 Å². The quantitative estimate of drug-likeness (QED) is 0.754. The molecule has 0 spiro atoms. The molecule has 1 saturated carbocycles. The van der Waals surface area contributed by atoms with Gasteiger partial charge in [0.2, 0.25) is 5.91 Å². The minimum Gasteiger partial charge on any atom is -0.352 e. The molecule has 1 fully saturated rings. The van der Waals surface area contributed by atoms with Crippen LogP contribution in [-0.2, 0) is 4.79 Å². The Kier molecular flexibility index (Phi) is 5.17. The normalized spacial score (nSPS) is 18.4. The fraction of sp³-hybridized carbons (Fsp3) is 0.833. The van der Waals surface area contributed by atoms with Gasteiger partial charge < -0.3 is 5.32 Å². The third-order valence-electron chi connectivity index (χ3n) is 3.14. The predicted molar refractivity (Wildman–Crippen MR) is 59.0 cm³/mol. The van der Waals surface area contributed by atoms with Gasteiger partial charge in [0.05, 0.1) is 12.5 Å². The van der Waals surface area contributed by atoms with Crippen LogP contribution in [0.25, 0.3) is 0 Å². The van der Waals surface area contributed by atoms with Crippen LogP contribution >= 0.6 is 0 Å². The molecule has 1 amide bonds. The monoisotopic (exact) mass is 208 g/mol. The van der Waals surface area contributed by atoms with E-state index in [4.69, 9.17) is 5.26 Å². The number of nitrogens with one attached hydrogen (secondary N) is 1. The highest BCUT2D eigenvalue weighted by Crippen LogP contribution is 2.27. The molecule has 0 radical (unpaired) electrons. The second-order valence-electron chi connectivity index (χ2n) is 4.39. The van der Waals surface area contributed by atoms with Gasteiger partial charge in [0.25, 0.3) is 0 Å². The standard InChI is InChI=1S/C12H20N2O/c1-2-11(7-8-13)14-12(15)9-10-5-3-4-6-10/h10-11H,2-7,9H2,1H3,(H,14,15). The Morgan fingerprint density at radius 2 is 2.20 bits per heavy atom. The van der Waals surface area contributed by atoms with Crippen molar-refractivity contribution < 1.29 is 4.79 Å². The minimum absolute atomic E-state index is 0.0453. The summed E-state index contributed by atoms with van der Waals surface area (Å²) in [4.78, 5) is 11.6. The number of nitrogens with zero attached hydrogens (tertiary/aromatic N) is 1. The van der Waals surface area contributed by atoms with Crippen molar-refractivity contribution >= 4 is 5.91 Å². The molecule has 15 heavy (non-hydrogen) atoms. The maximum Gasteiger partial charge on any atom is 0.220 e. The second kappa shape index (κ2) is 6.44. The van der Waals surface area contributed by atoms with Gasteiger partial charge in [-0.05, 0) is 25.2 Å². The Morgan fingerprint density at radius 1 is 1.53 bits per heavy atom. The number of carbonyl (C=O) groups is 1. The first-order valence-electron chi connectivity index (χ1n) is 5.92. The number of hydrogen-bond acceptors (Lipinski definition) is 2. The van der Waals surface area contributed by atoms with Crippen LogP contribution < -0.4 is 5.32 Å². The van der Waals surface area contributed by atoms with Crippen LogP contribution in [0.1, 0.15) is 51.9 Å². The molecule has 84 valence electrons. The predicted octanol–water partition coefficient (Wildman–Crippen LogP) is 2.38. The molecule has 1 atom stereocenters. The van der Waals surface area contributed by atoms with E-state index in [1.54, 1.807) is 0 Å². The first kappa shape index (κ1) is 12.0. The van der Waals surface area contributed by atoms with Crippen molar-refractivity contribution in [3.05, 3.63) is 0 Å². The largest absolute Gasteiger partial charge is 0.352 e. The molecule has 1 rings (SSSR count). The molecule has 1 unspecified atom stereocenters. The summed E-state index contributed by atoms with van der Waals surface area (Å²) < 4.78 is 0. The summed E-state index contributed by atoms with van der Waals surface area (Å²) in [6.45, 7) is 2.00. The molecule has 0 bridgehead atoms. The van der Waals surface area contributed by atoms with Gasteiger partial charge in [-0.3, -0.25) is 4.79 Å². The molecule has 0 saturated heterocycles. The lowest BCUT2D eigenvalue weighted by atomic mass is 10.0. The number of amides is 1. The van der Waals surface area contributed by atoms with Gasteiger partial charge in [-0.1, -0.05) is 19.8 Å². The molecule has 0 aliphatic heterocycles. The smallest absolute Gasteiger partial charge is 0.220 e. The zero-order valence-corrected chi connectivity index (χ0v) is 9.46. The van der Waals surface area contributed by atoms with Gasteiger partial charge in [-0.15, -0.1) is 0 Å². The van der Waals surface area contributed by atoms with Gasteiger partial charge in [-0.25, -0.2) is 0 Å². The van der Waals surface area contributed by atoms with E-state index in [0.29, 0.717) is 18.8 Å². The van der Waals surface area contributed by atoms with Crippen molar-refractivity contribution in [1.82, 2.24) is 5.32 Å². The summed E-state index contributed by atoms with van der Waals surface area (Å²) in [6, 6.07) is 2.15. The molecular weight excluding hydrogens is 188 g/mol. The summed E-state index contributed by atoms with van der Waals surface area (Å²) in [6.07, 6.45) is 6.85. The molecular formula is C12H20N2O. The fourth-order valence-electron chi connectivity index (χ4n) is 2.17. The Morgan fingerprint density at radius 3 is 2.73 bits per heavy atom.